The van der Waals surface area contributed by atoms with E-state index in [-0.39, 0.29) is 23.8 Å². The maximum absolute atomic E-state index is 11.7. The van der Waals surface area contributed by atoms with E-state index >= 15 is 0 Å². The Labute approximate surface area is 94.1 Å². The van der Waals surface area contributed by atoms with Crippen molar-refractivity contribution in [1.82, 2.24) is 16.0 Å². The van der Waals surface area contributed by atoms with Gasteiger partial charge in [0.2, 0.25) is 11.8 Å². The minimum atomic E-state index is -0.211. The van der Waals surface area contributed by atoms with Crippen molar-refractivity contribution in [3.8, 4) is 0 Å². The molecule has 0 aliphatic carbocycles. The third-order valence-electron chi connectivity index (χ3n) is 2.87. The molecule has 0 aromatic heterocycles. The van der Waals surface area contributed by atoms with Gasteiger partial charge in [0.25, 0.3) is 0 Å². The second kappa shape index (κ2) is 5.27. The van der Waals surface area contributed by atoms with Gasteiger partial charge in [-0.1, -0.05) is 0 Å². The third kappa shape index (κ3) is 2.93. The molecule has 2 amide bonds. The van der Waals surface area contributed by atoms with Crippen LogP contribution in [0.5, 0.6) is 0 Å². The number of rotatable bonds is 3. The highest BCUT2D eigenvalue weighted by atomic mass is 16.5. The van der Waals surface area contributed by atoms with E-state index in [4.69, 9.17) is 4.74 Å². The van der Waals surface area contributed by atoms with Gasteiger partial charge in [0.15, 0.2) is 0 Å². The summed E-state index contributed by atoms with van der Waals surface area (Å²) in [5.74, 6) is -0.304. The van der Waals surface area contributed by atoms with Crippen molar-refractivity contribution in [3.63, 3.8) is 0 Å². The molecular formula is C10H17N3O3. The fourth-order valence-corrected chi connectivity index (χ4v) is 1.91. The number of carbonyl (C=O) groups is 2. The summed E-state index contributed by atoms with van der Waals surface area (Å²) in [6, 6.07) is 0.183. The van der Waals surface area contributed by atoms with Gasteiger partial charge in [0.05, 0.1) is 19.1 Å². The predicted octanol–water partition coefficient (Wildman–Crippen LogP) is -1.77. The summed E-state index contributed by atoms with van der Waals surface area (Å²) in [5.41, 5.74) is 0. The summed E-state index contributed by atoms with van der Waals surface area (Å²) in [5, 5.41) is 8.74. The highest BCUT2D eigenvalue weighted by molar-refractivity contribution is 5.89. The number of hydrogen-bond acceptors (Lipinski definition) is 4. The first kappa shape index (κ1) is 11.3. The summed E-state index contributed by atoms with van der Waals surface area (Å²) in [6.45, 7) is 3.19. The van der Waals surface area contributed by atoms with Crippen LogP contribution < -0.4 is 16.0 Å². The van der Waals surface area contributed by atoms with Crippen LogP contribution in [0.2, 0.25) is 0 Å². The van der Waals surface area contributed by atoms with Crippen molar-refractivity contribution in [3.05, 3.63) is 0 Å². The molecule has 90 valence electrons. The van der Waals surface area contributed by atoms with E-state index in [1.54, 1.807) is 0 Å². The van der Waals surface area contributed by atoms with Gasteiger partial charge in [0, 0.05) is 32.1 Å². The molecule has 2 aliphatic rings. The van der Waals surface area contributed by atoms with E-state index in [2.05, 4.69) is 16.0 Å². The minimum absolute atomic E-state index is 0.0423. The molecule has 6 heteroatoms. The minimum Gasteiger partial charge on any atom is -0.378 e. The van der Waals surface area contributed by atoms with Crippen LogP contribution in [0, 0.1) is 5.92 Å². The van der Waals surface area contributed by atoms with Crippen molar-refractivity contribution in [2.24, 2.45) is 5.92 Å². The molecule has 16 heavy (non-hydrogen) atoms. The Morgan fingerprint density at radius 3 is 3.06 bits per heavy atom. The molecule has 3 N–H and O–H groups in total. The zero-order valence-electron chi connectivity index (χ0n) is 9.12. The molecular weight excluding hydrogens is 210 g/mol. The number of morpholine rings is 1. The number of amides is 2. The summed E-state index contributed by atoms with van der Waals surface area (Å²) >= 11 is 0. The molecule has 2 atom stereocenters. The summed E-state index contributed by atoms with van der Waals surface area (Å²) < 4.78 is 5.28. The van der Waals surface area contributed by atoms with E-state index in [1.807, 2.05) is 0 Å². The lowest BCUT2D eigenvalue weighted by atomic mass is 10.1. The average molecular weight is 227 g/mol. The first-order chi connectivity index (χ1) is 7.75. The smallest absolute Gasteiger partial charge is 0.225 e. The molecule has 0 aromatic carbocycles. The molecule has 0 radical (unpaired) electrons. The number of nitrogens with one attached hydrogen (secondary N) is 3. The van der Waals surface area contributed by atoms with Gasteiger partial charge in [-0.05, 0) is 0 Å². The van der Waals surface area contributed by atoms with Crippen LogP contribution >= 0.6 is 0 Å². The highest BCUT2D eigenvalue weighted by Gasteiger charge is 2.28. The molecule has 0 saturated carbocycles. The lowest BCUT2D eigenvalue weighted by Gasteiger charge is -2.24. The van der Waals surface area contributed by atoms with Gasteiger partial charge >= 0.3 is 0 Å². The summed E-state index contributed by atoms with van der Waals surface area (Å²) in [4.78, 5) is 22.6. The van der Waals surface area contributed by atoms with E-state index in [9.17, 15) is 9.59 Å². The number of carbonyl (C=O) groups excluding carboxylic acids is 2. The standard InChI is InChI=1S/C10H17N3O3/c14-9-3-7(4-12-9)10(15)13-5-8-6-16-2-1-11-8/h7-8,11H,1-6H2,(H,12,14)(H,13,15). The fraction of sp³-hybridized carbons (Fsp3) is 0.800. The van der Waals surface area contributed by atoms with E-state index in [0.29, 0.717) is 26.1 Å². The van der Waals surface area contributed by atoms with Crippen LogP contribution in [0.4, 0.5) is 0 Å². The summed E-state index contributed by atoms with van der Waals surface area (Å²) in [6.07, 6.45) is 0.306. The van der Waals surface area contributed by atoms with Crippen molar-refractivity contribution in [2.75, 3.05) is 32.8 Å². The molecule has 2 unspecified atom stereocenters. The quantitative estimate of drug-likeness (QED) is 0.533. The van der Waals surface area contributed by atoms with Crippen LogP contribution in [-0.2, 0) is 14.3 Å². The van der Waals surface area contributed by atoms with Gasteiger partial charge in [-0.3, -0.25) is 9.59 Å². The third-order valence-corrected chi connectivity index (χ3v) is 2.87. The number of ether oxygens (including phenoxy) is 1. The Kier molecular flexibility index (Phi) is 3.74. The molecule has 2 heterocycles. The van der Waals surface area contributed by atoms with Crippen molar-refractivity contribution >= 4 is 11.8 Å². The summed E-state index contributed by atoms with van der Waals surface area (Å²) in [7, 11) is 0. The average Bonchev–Trinajstić information content (AvgIpc) is 2.74. The Morgan fingerprint density at radius 2 is 2.44 bits per heavy atom. The molecule has 0 aromatic rings. The zero-order valence-corrected chi connectivity index (χ0v) is 9.12. The predicted molar refractivity (Wildman–Crippen MR) is 56.7 cm³/mol. The first-order valence-corrected chi connectivity index (χ1v) is 5.61. The van der Waals surface area contributed by atoms with Gasteiger partial charge in [-0.2, -0.15) is 0 Å². The van der Waals surface area contributed by atoms with E-state index in [0.717, 1.165) is 13.2 Å². The van der Waals surface area contributed by atoms with Gasteiger partial charge in [0.1, 0.15) is 0 Å². The molecule has 2 fully saturated rings. The van der Waals surface area contributed by atoms with Gasteiger partial charge < -0.3 is 20.7 Å². The second-order valence-electron chi connectivity index (χ2n) is 4.18. The molecule has 6 nitrogen and oxygen atoms in total. The zero-order chi connectivity index (χ0) is 11.4. The van der Waals surface area contributed by atoms with E-state index < -0.39 is 0 Å². The largest absolute Gasteiger partial charge is 0.378 e. The second-order valence-corrected chi connectivity index (χ2v) is 4.18. The molecule has 2 aliphatic heterocycles. The van der Waals surface area contributed by atoms with Crippen LogP contribution in [0.25, 0.3) is 0 Å². The van der Waals surface area contributed by atoms with Gasteiger partial charge in [-0.15, -0.1) is 0 Å². The van der Waals surface area contributed by atoms with Crippen LogP contribution in [0.15, 0.2) is 0 Å². The topological polar surface area (TPSA) is 79.5 Å². The monoisotopic (exact) mass is 227 g/mol. The van der Waals surface area contributed by atoms with Crippen molar-refractivity contribution in [2.45, 2.75) is 12.5 Å². The van der Waals surface area contributed by atoms with Crippen LogP contribution in [0.3, 0.4) is 0 Å². The Morgan fingerprint density at radius 1 is 1.56 bits per heavy atom. The SMILES string of the molecule is O=C1CC(C(=O)NCC2COCCN2)CN1. The van der Waals surface area contributed by atoms with Crippen LogP contribution in [0.1, 0.15) is 6.42 Å². The molecule has 0 bridgehead atoms. The molecule has 2 rings (SSSR count). The van der Waals surface area contributed by atoms with Gasteiger partial charge in [-0.25, -0.2) is 0 Å². The highest BCUT2D eigenvalue weighted by Crippen LogP contribution is 2.08. The van der Waals surface area contributed by atoms with Crippen LogP contribution in [-0.4, -0.2) is 50.7 Å². The number of hydrogen-bond donors (Lipinski definition) is 3. The van der Waals surface area contributed by atoms with Crippen molar-refractivity contribution in [1.29, 1.82) is 0 Å². The maximum atomic E-state index is 11.7. The maximum Gasteiger partial charge on any atom is 0.225 e. The Hall–Kier alpha value is -1.14. The Bertz CT molecular complexity index is 276. The lowest BCUT2D eigenvalue weighted by Crippen LogP contribution is -2.49. The molecule has 2 saturated heterocycles. The first-order valence-electron chi connectivity index (χ1n) is 5.61. The molecule has 0 spiro atoms. The normalized spacial score (nSPS) is 29.9. The lowest BCUT2D eigenvalue weighted by molar-refractivity contribution is -0.126. The van der Waals surface area contributed by atoms with Crippen molar-refractivity contribution < 1.29 is 14.3 Å². The fourth-order valence-electron chi connectivity index (χ4n) is 1.91. The Balaban J connectivity index is 1.68. The van der Waals surface area contributed by atoms with E-state index in [1.165, 1.54) is 0 Å².